The van der Waals surface area contributed by atoms with E-state index in [0.29, 0.717) is 5.75 Å². The Labute approximate surface area is 128 Å². The van der Waals surface area contributed by atoms with E-state index in [-0.39, 0.29) is 5.78 Å². The Kier molecular flexibility index (Phi) is 4.66. The molecule has 0 saturated carbocycles. The summed E-state index contributed by atoms with van der Waals surface area (Å²) in [6, 6.07) is 2.02. The number of aryl methyl sites for hydroxylation is 2. The van der Waals surface area contributed by atoms with Gasteiger partial charge in [-0.25, -0.2) is 4.98 Å². The lowest BCUT2D eigenvalue weighted by Crippen LogP contribution is -2.08. The number of benzene rings is 1. The first-order valence-electron chi connectivity index (χ1n) is 6.55. The number of rotatable bonds is 4. The highest BCUT2D eigenvalue weighted by molar-refractivity contribution is 8.01. The van der Waals surface area contributed by atoms with E-state index in [9.17, 15) is 4.79 Å². The van der Waals surface area contributed by atoms with Crippen molar-refractivity contribution in [3.63, 3.8) is 0 Å². The molecule has 20 heavy (non-hydrogen) atoms. The highest BCUT2D eigenvalue weighted by Crippen LogP contribution is 2.26. The Hall–Kier alpha value is -1.13. The lowest BCUT2D eigenvalue weighted by Gasteiger charge is -2.13. The quantitative estimate of drug-likeness (QED) is 0.608. The smallest absolute Gasteiger partial charge is 0.173 e. The van der Waals surface area contributed by atoms with Crippen molar-refractivity contribution in [1.29, 1.82) is 0 Å². The molecule has 0 aliphatic carbocycles. The van der Waals surface area contributed by atoms with Gasteiger partial charge in [0.15, 0.2) is 10.1 Å². The summed E-state index contributed by atoms with van der Waals surface area (Å²) in [5.74, 6) is 0.641. The third-order valence-corrected chi connectivity index (χ3v) is 5.85. The Morgan fingerprint density at radius 3 is 2.45 bits per heavy atom. The van der Waals surface area contributed by atoms with Gasteiger partial charge in [0.05, 0.1) is 5.75 Å². The van der Waals surface area contributed by atoms with E-state index in [2.05, 4.69) is 25.8 Å². The minimum Gasteiger partial charge on any atom is -0.293 e. The monoisotopic (exact) mass is 305 g/mol. The van der Waals surface area contributed by atoms with E-state index in [1.807, 2.05) is 25.3 Å². The predicted molar refractivity (Wildman–Crippen MR) is 87.3 cm³/mol. The molecule has 106 valence electrons. The first-order valence-corrected chi connectivity index (χ1v) is 8.42. The topological polar surface area (TPSA) is 30.0 Å². The Bertz CT molecular complexity index is 659. The zero-order valence-corrected chi connectivity index (χ0v) is 14.2. The van der Waals surface area contributed by atoms with Gasteiger partial charge < -0.3 is 0 Å². The number of hydrogen-bond donors (Lipinski definition) is 0. The molecule has 0 aliphatic rings. The fraction of sp³-hybridized carbons (Fsp3) is 0.375. The summed E-state index contributed by atoms with van der Waals surface area (Å²) in [6.45, 7) is 10.3. The number of thioether (sulfide) groups is 1. The van der Waals surface area contributed by atoms with Gasteiger partial charge in [0.1, 0.15) is 0 Å². The molecule has 0 bridgehead atoms. The number of nitrogens with zero attached hydrogens (tertiary/aromatic N) is 1. The van der Waals surface area contributed by atoms with Crippen LogP contribution in [0.4, 0.5) is 0 Å². The fourth-order valence-corrected chi connectivity index (χ4v) is 3.84. The zero-order valence-electron chi connectivity index (χ0n) is 12.5. The first-order chi connectivity index (χ1) is 9.40. The fourth-order valence-electron chi connectivity index (χ4n) is 2.11. The van der Waals surface area contributed by atoms with Crippen molar-refractivity contribution in [3.05, 3.63) is 45.0 Å². The Balaban J connectivity index is 2.17. The summed E-state index contributed by atoms with van der Waals surface area (Å²) in [5, 5.41) is 2.01. The summed E-state index contributed by atoms with van der Waals surface area (Å²) >= 11 is 3.13. The van der Waals surface area contributed by atoms with Crippen LogP contribution in [0, 0.1) is 34.6 Å². The Morgan fingerprint density at radius 1 is 1.15 bits per heavy atom. The van der Waals surface area contributed by atoms with E-state index < -0.39 is 0 Å². The van der Waals surface area contributed by atoms with Gasteiger partial charge in [-0.3, -0.25) is 4.79 Å². The van der Waals surface area contributed by atoms with E-state index >= 15 is 0 Å². The molecule has 4 heteroatoms. The highest BCUT2D eigenvalue weighted by Gasteiger charge is 2.14. The van der Waals surface area contributed by atoms with Crippen LogP contribution < -0.4 is 0 Å². The normalized spacial score (nSPS) is 10.8. The summed E-state index contributed by atoms with van der Waals surface area (Å²) in [5.41, 5.74) is 6.67. The molecule has 0 N–H and O–H groups in total. The van der Waals surface area contributed by atoms with Crippen LogP contribution in [-0.4, -0.2) is 16.5 Å². The SMILES string of the molecule is Cc1csc(SCC(=O)c2cc(C)c(C)c(C)c2C)n1. The molecule has 2 aromatic rings. The van der Waals surface area contributed by atoms with Crippen molar-refractivity contribution >= 4 is 28.9 Å². The molecule has 2 nitrogen and oxygen atoms in total. The molecular formula is C16H19NOS2. The summed E-state index contributed by atoms with van der Waals surface area (Å²) in [7, 11) is 0. The van der Waals surface area contributed by atoms with Crippen LogP contribution in [0.25, 0.3) is 0 Å². The van der Waals surface area contributed by atoms with Gasteiger partial charge in [0.25, 0.3) is 0 Å². The molecule has 0 aliphatic heterocycles. The second-order valence-corrected chi connectivity index (χ2v) is 7.16. The summed E-state index contributed by atoms with van der Waals surface area (Å²) in [6.07, 6.45) is 0. The summed E-state index contributed by atoms with van der Waals surface area (Å²) < 4.78 is 0.967. The van der Waals surface area contributed by atoms with Gasteiger partial charge in [-0.15, -0.1) is 11.3 Å². The minimum absolute atomic E-state index is 0.187. The molecule has 0 saturated heterocycles. The molecule has 0 atom stereocenters. The lowest BCUT2D eigenvalue weighted by atomic mass is 9.93. The molecule has 1 aromatic heterocycles. The summed E-state index contributed by atoms with van der Waals surface area (Å²) in [4.78, 5) is 16.8. The molecule has 1 heterocycles. The molecule has 0 radical (unpaired) electrons. The van der Waals surface area contributed by atoms with Crippen LogP contribution in [0.3, 0.4) is 0 Å². The first kappa shape index (κ1) is 15.3. The third kappa shape index (κ3) is 3.13. The van der Waals surface area contributed by atoms with Gasteiger partial charge in [0, 0.05) is 16.6 Å². The van der Waals surface area contributed by atoms with Gasteiger partial charge in [-0.2, -0.15) is 0 Å². The number of Topliss-reactive ketones (excluding diaryl/α,β-unsaturated/α-hetero) is 1. The molecular weight excluding hydrogens is 286 g/mol. The highest BCUT2D eigenvalue weighted by atomic mass is 32.2. The maximum atomic E-state index is 12.4. The van der Waals surface area contributed by atoms with E-state index in [1.165, 1.54) is 28.5 Å². The third-order valence-electron chi connectivity index (χ3n) is 3.71. The van der Waals surface area contributed by atoms with Crippen LogP contribution in [-0.2, 0) is 0 Å². The lowest BCUT2D eigenvalue weighted by molar-refractivity contribution is 0.102. The molecule has 0 amide bonds. The molecule has 1 aromatic carbocycles. The van der Waals surface area contributed by atoms with Crippen LogP contribution in [0.1, 0.15) is 38.3 Å². The van der Waals surface area contributed by atoms with E-state index in [0.717, 1.165) is 21.2 Å². The number of carbonyl (C=O) groups excluding carboxylic acids is 1. The largest absolute Gasteiger partial charge is 0.293 e. The standard InChI is InChI=1S/C16H19NOS2/c1-9-6-14(13(5)12(4)11(9)3)15(18)8-20-16-17-10(2)7-19-16/h6-7H,8H2,1-5H3. The number of hydrogen-bond acceptors (Lipinski definition) is 4. The van der Waals surface area contributed by atoms with Gasteiger partial charge in [0.2, 0.25) is 0 Å². The van der Waals surface area contributed by atoms with Crippen LogP contribution >= 0.6 is 23.1 Å². The number of carbonyl (C=O) groups is 1. The van der Waals surface area contributed by atoms with Crippen molar-refractivity contribution in [2.24, 2.45) is 0 Å². The average molecular weight is 305 g/mol. The molecule has 0 unspecified atom stereocenters. The molecule has 2 rings (SSSR count). The molecule has 0 spiro atoms. The van der Waals surface area contributed by atoms with Crippen LogP contribution in [0.5, 0.6) is 0 Å². The second kappa shape index (κ2) is 6.10. The average Bonchev–Trinajstić information content (AvgIpc) is 2.83. The number of ketones is 1. The maximum absolute atomic E-state index is 12.4. The maximum Gasteiger partial charge on any atom is 0.173 e. The Morgan fingerprint density at radius 2 is 1.85 bits per heavy atom. The number of thiazole rings is 1. The van der Waals surface area contributed by atoms with Gasteiger partial charge in [-0.05, 0) is 62.9 Å². The minimum atomic E-state index is 0.187. The number of aromatic nitrogens is 1. The van der Waals surface area contributed by atoms with Crippen LogP contribution in [0.15, 0.2) is 15.8 Å². The van der Waals surface area contributed by atoms with Crippen molar-refractivity contribution in [2.45, 2.75) is 39.0 Å². The predicted octanol–water partition coefficient (Wildman–Crippen LogP) is 4.66. The van der Waals surface area contributed by atoms with Crippen LogP contribution in [0.2, 0.25) is 0 Å². The van der Waals surface area contributed by atoms with E-state index in [4.69, 9.17) is 0 Å². The molecule has 0 fully saturated rings. The zero-order chi connectivity index (χ0) is 14.9. The second-order valence-electron chi connectivity index (χ2n) is 5.08. The van der Waals surface area contributed by atoms with Crippen molar-refractivity contribution in [2.75, 3.05) is 5.75 Å². The van der Waals surface area contributed by atoms with Crippen molar-refractivity contribution in [1.82, 2.24) is 4.98 Å². The van der Waals surface area contributed by atoms with Gasteiger partial charge >= 0.3 is 0 Å². The van der Waals surface area contributed by atoms with Gasteiger partial charge in [-0.1, -0.05) is 11.8 Å². The van der Waals surface area contributed by atoms with E-state index in [1.54, 1.807) is 11.3 Å². The van der Waals surface area contributed by atoms with Crippen molar-refractivity contribution in [3.8, 4) is 0 Å². The van der Waals surface area contributed by atoms with Crippen molar-refractivity contribution < 1.29 is 4.79 Å².